The number of fused-ring (bicyclic) bond motifs is 1. The molecule has 4 heteroatoms. The maximum absolute atomic E-state index is 13.5. The number of nitrogens with one attached hydrogen (secondary N) is 1. The number of nitrogens with zero attached hydrogens (tertiary/aromatic N) is 1. The first kappa shape index (κ1) is 14.7. The Bertz CT molecular complexity index is 645. The molecule has 0 bridgehead atoms. The number of thiazole rings is 1. The SMILES string of the molecule is CCCNC1(c2nc(C)c(C)s2)CCc2cc(F)ccc21. The summed E-state index contributed by atoms with van der Waals surface area (Å²) in [7, 11) is 0. The maximum atomic E-state index is 13.5. The van der Waals surface area contributed by atoms with E-state index in [4.69, 9.17) is 4.98 Å². The van der Waals surface area contributed by atoms with E-state index < -0.39 is 0 Å². The van der Waals surface area contributed by atoms with E-state index in [0.29, 0.717) is 0 Å². The van der Waals surface area contributed by atoms with Crippen molar-refractivity contribution in [3.8, 4) is 0 Å². The minimum atomic E-state index is -0.233. The summed E-state index contributed by atoms with van der Waals surface area (Å²) in [4.78, 5) is 6.06. The van der Waals surface area contributed by atoms with Crippen LogP contribution in [0.15, 0.2) is 18.2 Å². The summed E-state index contributed by atoms with van der Waals surface area (Å²) in [6, 6.07) is 5.18. The first-order chi connectivity index (χ1) is 10.1. The third-order valence-corrected chi connectivity index (χ3v) is 5.60. The van der Waals surface area contributed by atoms with Crippen molar-refractivity contribution in [1.29, 1.82) is 0 Å². The molecule has 1 aromatic heterocycles. The predicted octanol–water partition coefficient (Wildman–Crippen LogP) is 4.09. The van der Waals surface area contributed by atoms with Gasteiger partial charge in [-0.2, -0.15) is 0 Å². The second-order valence-electron chi connectivity index (χ2n) is 5.79. The van der Waals surface area contributed by atoms with Crippen molar-refractivity contribution in [3.63, 3.8) is 0 Å². The van der Waals surface area contributed by atoms with E-state index in [2.05, 4.69) is 26.1 Å². The highest BCUT2D eigenvalue weighted by Crippen LogP contribution is 2.44. The first-order valence-corrected chi connectivity index (χ1v) is 8.37. The van der Waals surface area contributed by atoms with Crippen LogP contribution < -0.4 is 5.32 Å². The van der Waals surface area contributed by atoms with E-state index in [1.807, 2.05) is 6.07 Å². The zero-order valence-electron chi connectivity index (χ0n) is 12.8. The lowest BCUT2D eigenvalue weighted by Crippen LogP contribution is -2.42. The second kappa shape index (κ2) is 5.50. The minimum absolute atomic E-state index is 0.147. The topological polar surface area (TPSA) is 24.9 Å². The van der Waals surface area contributed by atoms with Crippen LogP contribution in [0.5, 0.6) is 0 Å². The smallest absolute Gasteiger partial charge is 0.123 e. The summed E-state index contributed by atoms with van der Waals surface area (Å²) < 4.78 is 13.5. The van der Waals surface area contributed by atoms with E-state index in [9.17, 15) is 4.39 Å². The molecular formula is C17H21FN2S. The zero-order valence-corrected chi connectivity index (χ0v) is 13.6. The third kappa shape index (κ3) is 2.40. The van der Waals surface area contributed by atoms with Crippen LogP contribution in [0.25, 0.3) is 0 Å². The average molecular weight is 304 g/mol. The number of aromatic nitrogens is 1. The van der Waals surface area contributed by atoms with Crippen molar-refractivity contribution >= 4 is 11.3 Å². The summed E-state index contributed by atoms with van der Waals surface area (Å²) in [6.45, 7) is 7.28. The van der Waals surface area contributed by atoms with Gasteiger partial charge in [0.2, 0.25) is 0 Å². The van der Waals surface area contributed by atoms with Crippen LogP contribution in [-0.2, 0) is 12.0 Å². The van der Waals surface area contributed by atoms with Gasteiger partial charge in [0, 0.05) is 4.88 Å². The van der Waals surface area contributed by atoms with E-state index in [1.54, 1.807) is 23.5 Å². The van der Waals surface area contributed by atoms with Crippen LogP contribution in [0.3, 0.4) is 0 Å². The van der Waals surface area contributed by atoms with Crippen molar-refractivity contribution in [3.05, 3.63) is 50.7 Å². The lowest BCUT2D eigenvalue weighted by atomic mass is 9.92. The van der Waals surface area contributed by atoms with Gasteiger partial charge < -0.3 is 5.32 Å². The van der Waals surface area contributed by atoms with E-state index >= 15 is 0 Å². The normalized spacial score (nSPS) is 20.8. The van der Waals surface area contributed by atoms with E-state index in [0.717, 1.165) is 42.1 Å². The van der Waals surface area contributed by atoms with Crippen LogP contribution >= 0.6 is 11.3 Å². The standard InChI is InChI=1S/C17H21FN2S/c1-4-9-19-17(16-20-11(2)12(3)21-16)8-7-13-10-14(18)5-6-15(13)17/h5-6,10,19H,4,7-9H2,1-3H3. The number of benzene rings is 1. The summed E-state index contributed by atoms with van der Waals surface area (Å²) >= 11 is 1.76. The molecule has 0 aliphatic heterocycles. The van der Waals surface area contributed by atoms with Gasteiger partial charge in [-0.15, -0.1) is 11.3 Å². The number of hydrogen-bond donors (Lipinski definition) is 1. The quantitative estimate of drug-likeness (QED) is 0.920. The van der Waals surface area contributed by atoms with Gasteiger partial charge in [0.05, 0.1) is 11.2 Å². The highest BCUT2D eigenvalue weighted by molar-refractivity contribution is 7.11. The van der Waals surface area contributed by atoms with Gasteiger partial charge in [0.25, 0.3) is 0 Å². The first-order valence-electron chi connectivity index (χ1n) is 7.55. The predicted molar refractivity (Wildman–Crippen MR) is 85.4 cm³/mol. The average Bonchev–Trinajstić information content (AvgIpc) is 2.99. The van der Waals surface area contributed by atoms with Gasteiger partial charge in [-0.05, 0) is 62.9 Å². The molecule has 21 heavy (non-hydrogen) atoms. The van der Waals surface area contributed by atoms with Crippen LogP contribution in [0.1, 0.15) is 46.5 Å². The van der Waals surface area contributed by atoms with Gasteiger partial charge >= 0.3 is 0 Å². The van der Waals surface area contributed by atoms with E-state index in [-0.39, 0.29) is 11.4 Å². The fourth-order valence-corrected chi connectivity index (χ4v) is 4.24. The molecule has 0 amide bonds. The Hall–Kier alpha value is -1.26. The fourth-order valence-electron chi connectivity index (χ4n) is 3.12. The van der Waals surface area contributed by atoms with Gasteiger partial charge in [0.15, 0.2) is 0 Å². The van der Waals surface area contributed by atoms with Gasteiger partial charge in [-0.25, -0.2) is 9.37 Å². The molecular weight excluding hydrogens is 283 g/mol. The second-order valence-corrected chi connectivity index (χ2v) is 7.00. The molecule has 1 unspecified atom stereocenters. The van der Waals surface area contributed by atoms with Crippen molar-refractivity contribution in [2.75, 3.05) is 6.54 Å². The molecule has 1 atom stereocenters. The van der Waals surface area contributed by atoms with Gasteiger partial charge in [-0.3, -0.25) is 0 Å². The molecule has 0 spiro atoms. The molecule has 2 aromatic rings. The van der Waals surface area contributed by atoms with E-state index in [1.165, 1.54) is 10.4 Å². The molecule has 1 heterocycles. The molecule has 1 aromatic carbocycles. The minimum Gasteiger partial charge on any atom is -0.302 e. The number of aryl methyl sites for hydroxylation is 3. The van der Waals surface area contributed by atoms with Crippen LogP contribution in [-0.4, -0.2) is 11.5 Å². The van der Waals surface area contributed by atoms with Crippen LogP contribution in [0.2, 0.25) is 0 Å². The highest BCUT2D eigenvalue weighted by Gasteiger charge is 2.42. The van der Waals surface area contributed by atoms with Gasteiger partial charge in [0.1, 0.15) is 10.8 Å². The van der Waals surface area contributed by atoms with Crippen LogP contribution in [0, 0.1) is 19.7 Å². The Labute approximate surface area is 129 Å². The lowest BCUT2D eigenvalue weighted by Gasteiger charge is -2.30. The molecule has 3 rings (SSSR count). The monoisotopic (exact) mass is 304 g/mol. The number of rotatable bonds is 4. The summed E-state index contributed by atoms with van der Waals surface area (Å²) in [6.07, 6.45) is 2.93. The van der Waals surface area contributed by atoms with Crippen molar-refractivity contribution in [1.82, 2.24) is 10.3 Å². The molecule has 1 aliphatic rings. The van der Waals surface area contributed by atoms with Crippen molar-refractivity contribution in [2.45, 2.75) is 45.6 Å². The molecule has 0 radical (unpaired) electrons. The maximum Gasteiger partial charge on any atom is 0.123 e. The summed E-state index contributed by atoms with van der Waals surface area (Å²) in [5.74, 6) is -0.147. The zero-order chi connectivity index (χ0) is 15.0. The number of hydrogen-bond acceptors (Lipinski definition) is 3. The molecule has 2 nitrogen and oxygen atoms in total. The number of halogens is 1. The molecule has 112 valence electrons. The highest BCUT2D eigenvalue weighted by atomic mass is 32.1. The third-order valence-electron chi connectivity index (χ3n) is 4.37. The Balaban J connectivity index is 2.12. The Morgan fingerprint density at radius 3 is 2.86 bits per heavy atom. The summed E-state index contributed by atoms with van der Waals surface area (Å²) in [5, 5.41) is 4.82. The van der Waals surface area contributed by atoms with Crippen LogP contribution in [0.4, 0.5) is 4.39 Å². The van der Waals surface area contributed by atoms with Gasteiger partial charge in [-0.1, -0.05) is 13.0 Å². The molecule has 0 saturated heterocycles. The summed E-state index contributed by atoms with van der Waals surface area (Å²) in [5.41, 5.74) is 3.18. The molecule has 1 aliphatic carbocycles. The van der Waals surface area contributed by atoms with Crippen molar-refractivity contribution < 1.29 is 4.39 Å². The molecule has 1 N–H and O–H groups in total. The Morgan fingerprint density at radius 1 is 1.38 bits per heavy atom. The van der Waals surface area contributed by atoms with Crippen molar-refractivity contribution in [2.24, 2.45) is 0 Å². The molecule has 0 fully saturated rings. The Kier molecular flexibility index (Phi) is 3.84. The Morgan fingerprint density at radius 2 is 2.19 bits per heavy atom. The molecule has 0 saturated carbocycles. The fraction of sp³-hybridized carbons (Fsp3) is 0.471. The largest absolute Gasteiger partial charge is 0.302 e. The lowest BCUT2D eigenvalue weighted by molar-refractivity contribution is 0.397.